The maximum absolute atomic E-state index is 13.4. The van der Waals surface area contributed by atoms with Crippen LogP contribution < -0.4 is 5.32 Å². The number of carbonyl (C=O) groups is 1. The van der Waals surface area contributed by atoms with Crippen LogP contribution in [0.1, 0.15) is 44.1 Å². The van der Waals surface area contributed by atoms with Gasteiger partial charge in [0.15, 0.2) is 0 Å². The third-order valence-corrected chi connectivity index (χ3v) is 9.45. The third-order valence-electron chi connectivity index (χ3n) is 6.71. The molecule has 2 atom stereocenters. The van der Waals surface area contributed by atoms with E-state index in [4.69, 9.17) is 0 Å². The lowest BCUT2D eigenvalue weighted by Crippen LogP contribution is -2.57. The minimum Gasteiger partial charge on any atom is -0.325 e. The fourth-order valence-corrected chi connectivity index (χ4v) is 8.16. The van der Waals surface area contributed by atoms with Gasteiger partial charge in [0, 0.05) is 24.1 Å². The summed E-state index contributed by atoms with van der Waals surface area (Å²) in [6, 6.07) is 4.95. The average Bonchev–Trinajstić information content (AvgIpc) is 2.54. The van der Waals surface area contributed by atoms with Crippen LogP contribution in [0.2, 0.25) is 0 Å². The molecule has 2 unspecified atom stereocenters. The molecule has 0 radical (unpaired) electrons. The summed E-state index contributed by atoms with van der Waals surface area (Å²) in [6.07, 6.45) is 6.39. The fraction of sp³-hybridized carbons (Fsp3) is 0.650. The molecule has 1 N–H and O–H groups in total. The lowest BCUT2D eigenvalue weighted by molar-refractivity contribution is -0.138. The first-order valence-corrected chi connectivity index (χ1v) is 11.8. The van der Waals surface area contributed by atoms with Crippen LogP contribution in [0.4, 0.5) is 5.69 Å². The summed E-state index contributed by atoms with van der Waals surface area (Å²) in [4.78, 5) is 13.6. The van der Waals surface area contributed by atoms with Gasteiger partial charge in [0.05, 0.1) is 10.3 Å². The van der Waals surface area contributed by atoms with Crippen molar-refractivity contribution in [3.05, 3.63) is 23.8 Å². The number of sulfonamides is 1. The second-order valence-corrected chi connectivity index (χ2v) is 12.9. The highest BCUT2D eigenvalue weighted by Crippen LogP contribution is 2.64. The van der Waals surface area contributed by atoms with Gasteiger partial charge in [-0.1, -0.05) is 22.0 Å². The largest absolute Gasteiger partial charge is 0.325 e. The lowest BCUT2D eigenvalue weighted by Gasteiger charge is -2.59. The fourth-order valence-electron chi connectivity index (χ4n) is 5.78. The van der Waals surface area contributed by atoms with Crippen molar-refractivity contribution in [3.63, 3.8) is 0 Å². The van der Waals surface area contributed by atoms with Gasteiger partial charge in [0.1, 0.15) is 0 Å². The van der Waals surface area contributed by atoms with Crippen LogP contribution in [-0.4, -0.2) is 37.0 Å². The topological polar surface area (TPSA) is 66.5 Å². The van der Waals surface area contributed by atoms with Gasteiger partial charge in [-0.15, -0.1) is 0 Å². The molecule has 7 heteroatoms. The summed E-state index contributed by atoms with van der Waals surface area (Å²) in [7, 11) is -0.508. The maximum atomic E-state index is 13.4. The van der Waals surface area contributed by atoms with Gasteiger partial charge in [0.25, 0.3) is 0 Å². The van der Waals surface area contributed by atoms with Crippen LogP contribution in [0.15, 0.2) is 23.1 Å². The smallest absolute Gasteiger partial charge is 0.242 e. The number of nitrogens with one attached hydrogen (secondary N) is 1. The van der Waals surface area contributed by atoms with Gasteiger partial charge in [-0.05, 0) is 75.0 Å². The number of carbonyl (C=O) groups excluding carboxylic acids is 1. The molecule has 1 aromatic rings. The normalized spacial score (nSPS) is 34.9. The van der Waals surface area contributed by atoms with Crippen molar-refractivity contribution in [2.45, 2.75) is 54.7 Å². The number of amides is 1. The number of alkyl halides is 1. The van der Waals surface area contributed by atoms with Gasteiger partial charge < -0.3 is 5.32 Å². The number of benzene rings is 1. The molecule has 1 aromatic carbocycles. The molecule has 5 nitrogen and oxygen atoms in total. The maximum Gasteiger partial charge on any atom is 0.242 e. The Hall–Kier alpha value is -0.920. The summed E-state index contributed by atoms with van der Waals surface area (Å²) in [5.41, 5.74) is 1.15. The lowest BCUT2D eigenvalue weighted by atomic mass is 9.49. The van der Waals surface area contributed by atoms with Crippen molar-refractivity contribution in [1.82, 2.24) is 4.31 Å². The quantitative estimate of drug-likeness (QED) is 0.700. The Morgan fingerprint density at radius 3 is 2.37 bits per heavy atom. The Morgan fingerprint density at radius 1 is 1.19 bits per heavy atom. The van der Waals surface area contributed by atoms with E-state index in [0.717, 1.165) is 24.8 Å². The highest BCUT2D eigenvalue weighted by atomic mass is 79.9. The second-order valence-electron chi connectivity index (χ2n) is 9.11. The summed E-state index contributed by atoms with van der Waals surface area (Å²) < 4.78 is 26.2. The van der Waals surface area contributed by atoms with Gasteiger partial charge in [-0.2, -0.15) is 0 Å². The van der Waals surface area contributed by atoms with Crippen molar-refractivity contribution >= 4 is 37.5 Å². The zero-order valence-electron chi connectivity index (χ0n) is 16.1. The Bertz CT molecular complexity index is 882. The van der Waals surface area contributed by atoms with E-state index in [0.29, 0.717) is 17.5 Å². The van der Waals surface area contributed by atoms with Crippen LogP contribution in [-0.2, 0) is 14.8 Å². The predicted octanol–water partition coefficient (Wildman–Crippen LogP) is 3.92. The molecule has 0 saturated heterocycles. The summed E-state index contributed by atoms with van der Waals surface area (Å²) in [5.74, 6) is 1.30. The van der Waals surface area contributed by atoms with E-state index in [2.05, 4.69) is 21.2 Å². The standard InChI is InChI=1S/C20H27BrN2O3S/c1-13-4-5-16(27(25,26)23(2)3)7-17(13)22-18(24)19-8-14-6-15(9-19)11-20(21,10-14)12-19/h4-5,7,14-15H,6,8-12H2,1-3H3,(H,22,24). The van der Waals surface area contributed by atoms with Gasteiger partial charge in [0.2, 0.25) is 15.9 Å². The summed E-state index contributed by atoms with van der Waals surface area (Å²) in [6.45, 7) is 1.90. The van der Waals surface area contributed by atoms with Crippen LogP contribution in [0.25, 0.3) is 0 Å². The SMILES string of the molecule is Cc1ccc(S(=O)(=O)N(C)C)cc1NC(=O)C12CC3CC(CC(Br)(C3)C1)C2. The van der Waals surface area contributed by atoms with Crippen molar-refractivity contribution in [2.24, 2.45) is 17.3 Å². The number of hydrogen-bond acceptors (Lipinski definition) is 3. The van der Waals surface area contributed by atoms with Crippen molar-refractivity contribution < 1.29 is 13.2 Å². The van der Waals surface area contributed by atoms with E-state index in [1.165, 1.54) is 37.7 Å². The Labute approximate surface area is 170 Å². The van der Waals surface area contributed by atoms with E-state index in [-0.39, 0.29) is 20.5 Å². The first-order chi connectivity index (χ1) is 12.5. The molecule has 0 heterocycles. The number of nitrogens with zero attached hydrogens (tertiary/aromatic N) is 1. The third kappa shape index (κ3) is 3.25. The zero-order chi connectivity index (χ0) is 19.6. The predicted molar refractivity (Wildman–Crippen MR) is 109 cm³/mol. The minimum absolute atomic E-state index is 0.0583. The van der Waals surface area contributed by atoms with Crippen molar-refractivity contribution in [1.29, 1.82) is 0 Å². The molecule has 4 bridgehead atoms. The molecule has 4 fully saturated rings. The molecule has 27 heavy (non-hydrogen) atoms. The van der Waals surface area contributed by atoms with Gasteiger partial charge in [-0.3, -0.25) is 4.79 Å². The van der Waals surface area contributed by atoms with E-state index in [1.807, 2.05) is 6.92 Å². The Morgan fingerprint density at radius 2 is 1.81 bits per heavy atom. The zero-order valence-corrected chi connectivity index (χ0v) is 18.5. The minimum atomic E-state index is -3.53. The van der Waals surface area contributed by atoms with E-state index in [1.54, 1.807) is 18.2 Å². The number of aryl methyl sites for hydroxylation is 1. The Balaban J connectivity index is 1.62. The van der Waals surface area contributed by atoms with E-state index < -0.39 is 10.0 Å². The molecule has 5 rings (SSSR count). The average molecular weight is 455 g/mol. The second kappa shape index (κ2) is 6.29. The number of rotatable bonds is 4. The number of halogens is 1. The molecule has 4 aliphatic carbocycles. The number of hydrogen-bond donors (Lipinski definition) is 1. The highest BCUT2D eigenvalue weighted by Gasteiger charge is 2.59. The molecule has 148 valence electrons. The first kappa shape index (κ1) is 19.4. The molecule has 0 spiro atoms. The van der Waals surface area contributed by atoms with Crippen molar-refractivity contribution in [2.75, 3.05) is 19.4 Å². The molecule has 4 aliphatic rings. The van der Waals surface area contributed by atoms with Gasteiger partial charge >= 0.3 is 0 Å². The van der Waals surface area contributed by atoms with Crippen LogP contribution in [0.3, 0.4) is 0 Å². The molecular formula is C20H27BrN2O3S. The Kier molecular flexibility index (Phi) is 4.52. The van der Waals surface area contributed by atoms with Crippen molar-refractivity contribution in [3.8, 4) is 0 Å². The van der Waals surface area contributed by atoms with E-state index in [9.17, 15) is 13.2 Å². The van der Waals surface area contributed by atoms with Crippen LogP contribution in [0.5, 0.6) is 0 Å². The number of anilines is 1. The molecular weight excluding hydrogens is 428 g/mol. The molecule has 0 aliphatic heterocycles. The molecule has 4 saturated carbocycles. The first-order valence-electron chi connectivity index (χ1n) is 9.57. The van der Waals surface area contributed by atoms with Crippen LogP contribution in [0, 0.1) is 24.2 Å². The van der Waals surface area contributed by atoms with E-state index >= 15 is 0 Å². The molecule has 1 amide bonds. The van der Waals surface area contributed by atoms with Crippen LogP contribution >= 0.6 is 15.9 Å². The summed E-state index contributed by atoms with van der Waals surface area (Å²) in [5, 5.41) is 3.09. The van der Waals surface area contributed by atoms with Gasteiger partial charge in [-0.25, -0.2) is 12.7 Å². The monoisotopic (exact) mass is 454 g/mol. The molecule has 0 aromatic heterocycles. The highest BCUT2D eigenvalue weighted by molar-refractivity contribution is 9.10. The summed E-state index contributed by atoms with van der Waals surface area (Å²) >= 11 is 3.95.